The van der Waals surface area contributed by atoms with Gasteiger partial charge in [-0.1, -0.05) is 5.16 Å². The molecule has 1 heterocycles. The van der Waals surface area contributed by atoms with Crippen molar-refractivity contribution in [3.05, 3.63) is 29.3 Å². The molecule has 18 heavy (non-hydrogen) atoms. The summed E-state index contributed by atoms with van der Waals surface area (Å²) < 4.78 is 0. The fourth-order valence-electron chi connectivity index (χ4n) is 2.29. The second kappa shape index (κ2) is 5.52. The molecule has 0 spiro atoms. The first-order valence-electron chi connectivity index (χ1n) is 6.02. The molecule has 1 aromatic rings. The summed E-state index contributed by atoms with van der Waals surface area (Å²) in [4.78, 5) is 2.34. The highest BCUT2D eigenvalue weighted by Gasteiger charge is 2.21. The molecule has 0 radical (unpaired) electrons. The second-order valence-corrected chi connectivity index (χ2v) is 5.76. The van der Waals surface area contributed by atoms with Crippen molar-refractivity contribution < 1.29 is 5.21 Å². The Morgan fingerprint density at radius 1 is 1.56 bits per heavy atom. The molecule has 1 atom stereocenters. The van der Waals surface area contributed by atoms with Crippen LogP contribution in [-0.4, -0.2) is 35.6 Å². The van der Waals surface area contributed by atoms with Crippen molar-refractivity contribution in [2.24, 2.45) is 10.9 Å². The standard InChI is InChI=1S/C13H19N3OS/c1-9-7-10(13(14)15-17)3-4-12(9)16(2)11-5-6-18-8-11/h3-4,7,11,17H,5-6,8H2,1-2H3,(H2,14,15). The molecule has 0 saturated carbocycles. The van der Waals surface area contributed by atoms with Crippen molar-refractivity contribution in [1.82, 2.24) is 0 Å². The molecule has 0 aliphatic carbocycles. The number of hydrogen-bond acceptors (Lipinski definition) is 4. The highest BCUT2D eigenvalue weighted by Crippen LogP contribution is 2.28. The summed E-state index contributed by atoms with van der Waals surface area (Å²) in [5, 5.41) is 11.7. The number of nitrogens with two attached hydrogens (primary N) is 1. The smallest absolute Gasteiger partial charge is 0.170 e. The number of amidine groups is 1. The number of hydrogen-bond donors (Lipinski definition) is 2. The van der Waals surface area contributed by atoms with E-state index in [-0.39, 0.29) is 5.84 Å². The zero-order chi connectivity index (χ0) is 13.1. The van der Waals surface area contributed by atoms with E-state index in [0.717, 1.165) is 11.1 Å². The zero-order valence-electron chi connectivity index (χ0n) is 10.8. The van der Waals surface area contributed by atoms with Crippen molar-refractivity contribution in [2.45, 2.75) is 19.4 Å². The first kappa shape index (κ1) is 13.1. The predicted molar refractivity (Wildman–Crippen MR) is 77.8 cm³/mol. The molecule has 1 aromatic carbocycles. The number of oxime groups is 1. The van der Waals surface area contributed by atoms with Crippen LogP contribution < -0.4 is 10.6 Å². The lowest BCUT2D eigenvalue weighted by Crippen LogP contribution is -2.31. The number of nitrogens with zero attached hydrogens (tertiary/aromatic N) is 2. The van der Waals surface area contributed by atoms with E-state index in [4.69, 9.17) is 10.9 Å². The van der Waals surface area contributed by atoms with Crippen LogP contribution in [0.25, 0.3) is 0 Å². The van der Waals surface area contributed by atoms with Crippen LogP contribution >= 0.6 is 11.8 Å². The molecule has 1 saturated heterocycles. The van der Waals surface area contributed by atoms with Crippen molar-refractivity contribution in [1.29, 1.82) is 0 Å². The van der Waals surface area contributed by atoms with Gasteiger partial charge >= 0.3 is 0 Å². The first-order chi connectivity index (χ1) is 8.63. The third-order valence-electron chi connectivity index (χ3n) is 3.43. The van der Waals surface area contributed by atoms with Crippen LogP contribution in [0.15, 0.2) is 23.4 Å². The molecule has 3 N–H and O–H groups in total. The van der Waals surface area contributed by atoms with Crippen molar-refractivity contribution in [2.75, 3.05) is 23.5 Å². The van der Waals surface area contributed by atoms with Gasteiger partial charge in [-0.2, -0.15) is 11.8 Å². The minimum atomic E-state index is 0.156. The molecule has 1 fully saturated rings. The summed E-state index contributed by atoms with van der Waals surface area (Å²) in [6.45, 7) is 2.06. The molecule has 0 amide bonds. The minimum Gasteiger partial charge on any atom is -0.409 e. The van der Waals surface area contributed by atoms with Gasteiger partial charge in [-0.15, -0.1) is 0 Å². The summed E-state index contributed by atoms with van der Waals surface area (Å²) in [5.41, 5.74) is 8.72. The Hall–Kier alpha value is -1.36. The largest absolute Gasteiger partial charge is 0.409 e. The molecular weight excluding hydrogens is 246 g/mol. The lowest BCUT2D eigenvalue weighted by Gasteiger charge is -2.27. The maximum atomic E-state index is 8.68. The Balaban J connectivity index is 2.23. The first-order valence-corrected chi connectivity index (χ1v) is 7.18. The highest BCUT2D eigenvalue weighted by atomic mass is 32.2. The molecule has 1 aliphatic heterocycles. The molecule has 98 valence electrons. The van der Waals surface area contributed by atoms with Crippen LogP contribution in [0.2, 0.25) is 0 Å². The van der Waals surface area contributed by atoms with E-state index in [1.54, 1.807) is 0 Å². The van der Waals surface area contributed by atoms with Crippen LogP contribution in [0.3, 0.4) is 0 Å². The van der Waals surface area contributed by atoms with Gasteiger partial charge in [0.05, 0.1) is 0 Å². The van der Waals surface area contributed by atoms with E-state index in [9.17, 15) is 0 Å². The zero-order valence-corrected chi connectivity index (χ0v) is 11.6. The van der Waals surface area contributed by atoms with Gasteiger partial charge in [0.1, 0.15) is 0 Å². The monoisotopic (exact) mass is 265 g/mol. The van der Waals surface area contributed by atoms with E-state index in [1.165, 1.54) is 23.6 Å². The Morgan fingerprint density at radius 3 is 2.89 bits per heavy atom. The SMILES string of the molecule is Cc1cc(/C(N)=N/O)ccc1N(C)C1CCSC1. The maximum Gasteiger partial charge on any atom is 0.170 e. The van der Waals surface area contributed by atoms with E-state index < -0.39 is 0 Å². The molecule has 0 aromatic heterocycles. The quantitative estimate of drug-likeness (QED) is 0.380. The Morgan fingerprint density at radius 2 is 2.33 bits per heavy atom. The fourth-order valence-corrected chi connectivity index (χ4v) is 3.56. The second-order valence-electron chi connectivity index (χ2n) is 4.61. The van der Waals surface area contributed by atoms with Gasteiger partial charge in [-0.3, -0.25) is 0 Å². The molecule has 0 bridgehead atoms. The van der Waals surface area contributed by atoms with Gasteiger partial charge < -0.3 is 15.8 Å². The summed E-state index contributed by atoms with van der Waals surface area (Å²) >= 11 is 2.01. The van der Waals surface area contributed by atoms with Gasteiger partial charge in [0.2, 0.25) is 0 Å². The summed E-state index contributed by atoms with van der Waals surface area (Å²) in [6, 6.07) is 6.52. The summed E-state index contributed by atoms with van der Waals surface area (Å²) in [6.07, 6.45) is 1.24. The van der Waals surface area contributed by atoms with Crippen molar-refractivity contribution >= 4 is 23.3 Å². The van der Waals surface area contributed by atoms with Crippen molar-refractivity contribution in [3.63, 3.8) is 0 Å². The number of anilines is 1. The number of benzene rings is 1. The molecule has 1 unspecified atom stereocenters. The van der Waals surface area contributed by atoms with Crippen LogP contribution in [0, 0.1) is 6.92 Å². The number of rotatable bonds is 3. The van der Waals surface area contributed by atoms with E-state index >= 15 is 0 Å². The van der Waals surface area contributed by atoms with Gasteiger partial charge in [-0.25, -0.2) is 0 Å². The number of aryl methyl sites for hydroxylation is 1. The van der Waals surface area contributed by atoms with Gasteiger partial charge in [-0.05, 0) is 42.9 Å². The predicted octanol–water partition coefficient (Wildman–Crippen LogP) is 2.03. The topological polar surface area (TPSA) is 61.9 Å². The van der Waals surface area contributed by atoms with Crippen molar-refractivity contribution in [3.8, 4) is 0 Å². The van der Waals surface area contributed by atoms with E-state index in [0.29, 0.717) is 6.04 Å². The van der Waals surface area contributed by atoms with Gasteiger partial charge in [0, 0.05) is 30.1 Å². The average molecular weight is 265 g/mol. The van der Waals surface area contributed by atoms with Crippen LogP contribution in [0.4, 0.5) is 5.69 Å². The molecular formula is C13H19N3OS. The Labute approximate surface area is 112 Å². The lowest BCUT2D eigenvalue weighted by molar-refractivity contribution is 0.318. The highest BCUT2D eigenvalue weighted by molar-refractivity contribution is 7.99. The summed E-state index contributed by atoms with van der Waals surface area (Å²) in [5.74, 6) is 2.59. The third-order valence-corrected chi connectivity index (χ3v) is 4.58. The Bertz CT molecular complexity index is 456. The van der Waals surface area contributed by atoms with Crippen LogP contribution in [-0.2, 0) is 0 Å². The minimum absolute atomic E-state index is 0.156. The van der Waals surface area contributed by atoms with Gasteiger partial charge in [0.25, 0.3) is 0 Å². The number of thioether (sulfide) groups is 1. The third kappa shape index (κ3) is 2.56. The van der Waals surface area contributed by atoms with Crippen LogP contribution in [0.5, 0.6) is 0 Å². The fraction of sp³-hybridized carbons (Fsp3) is 0.462. The average Bonchev–Trinajstić information content (AvgIpc) is 2.90. The lowest BCUT2D eigenvalue weighted by atomic mass is 10.1. The van der Waals surface area contributed by atoms with E-state index in [2.05, 4.69) is 24.0 Å². The molecule has 1 aliphatic rings. The normalized spacial score (nSPS) is 20.1. The molecule has 4 nitrogen and oxygen atoms in total. The maximum absolute atomic E-state index is 8.68. The van der Waals surface area contributed by atoms with Gasteiger partial charge in [0.15, 0.2) is 5.84 Å². The summed E-state index contributed by atoms with van der Waals surface area (Å²) in [7, 11) is 2.14. The molecule has 2 rings (SSSR count). The van der Waals surface area contributed by atoms with Crippen LogP contribution in [0.1, 0.15) is 17.5 Å². The Kier molecular flexibility index (Phi) is 4.01. The van der Waals surface area contributed by atoms with E-state index in [1.807, 2.05) is 30.0 Å². The molecule has 5 heteroatoms.